The van der Waals surface area contributed by atoms with Gasteiger partial charge >= 0.3 is 0 Å². The van der Waals surface area contributed by atoms with Gasteiger partial charge in [0.1, 0.15) is 0 Å². The van der Waals surface area contributed by atoms with Gasteiger partial charge in [-0.3, -0.25) is 4.90 Å². The van der Waals surface area contributed by atoms with E-state index in [2.05, 4.69) is 39.5 Å². The van der Waals surface area contributed by atoms with E-state index in [4.69, 9.17) is 0 Å². The summed E-state index contributed by atoms with van der Waals surface area (Å²) in [5, 5.41) is 16.3. The number of hydrogen-bond donors (Lipinski definition) is 1. The number of nitrogens with one attached hydrogen (secondary N) is 1. The second-order valence-corrected chi connectivity index (χ2v) is 6.62. The van der Waals surface area contributed by atoms with E-state index in [1.165, 1.54) is 25.7 Å². The molecule has 1 aliphatic carbocycles. The molecule has 1 aliphatic heterocycles. The first-order chi connectivity index (χ1) is 9.60. The van der Waals surface area contributed by atoms with Gasteiger partial charge in [0, 0.05) is 24.7 Å². The smallest absolute Gasteiger partial charge is 0.188 e. The Balaban J connectivity index is 1.71. The third kappa shape index (κ3) is 2.86. The summed E-state index contributed by atoms with van der Waals surface area (Å²) in [4.78, 5) is 4.11. The Labute approximate surface area is 120 Å². The molecule has 0 bridgehead atoms. The van der Waals surface area contributed by atoms with Crippen molar-refractivity contribution in [3.8, 4) is 0 Å². The molecule has 112 valence electrons. The zero-order chi connectivity index (χ0) is 14.2. The van der Waals surface area contributed by atoms with Crippen molar-refractivity contribution in [2.45, 2.75) is 57.7 Å². The maximum Gasteiger partial charge on any atom is 0.188 e. The third-order valence-corrected chi connectivity index (χ3v) is 4.78. The van der Waals surface area contributed by atoms with Crippen molar-refractivity contribution in [3.63, 3.8) is 0 Å². The van der Waals surface area contributed by atoms with Gasteiger partial charge in [-0.1, -0.05) is 13.3 Å². The summed E-state index contributed by atoms with van der Waals surface area (Å²) in [6, 6.07) is 0.593. The summed E-state index contributed by atoms with van der Waals surface area (Å²) in [5.41, 5.74) is 0.270. The molecule has 2 unspecified atom stereocenters. The van der Waals surface area contributed by atoms with Gasteiger partial charge in [0.2, 0.25) is 0 Å². The molecule has 20 heavy (non-hydrogen) atoms. The fourth-order valence-electron chi connectivity index (χ4n) is 3.45. The molecule has 1 aromatic rings. The highest BCUT2D eigenvalue weighted by atomic mass is 15.6. The minimum atomic E-state index is 0.270. The first-order valence-corrected chi connectivity index (χ1v) is 7.82. The van der Waals surface area contributed by atoms with Gasteiger partial charge in [0.05, 0.1) is 13.6 Å². The van der Waals surface area contributed by atoms with Crippen molar-refractivity contribution in [2.24, 2.45) is 13.0 Å². The highest BCUT2D eigenvalue weighted by Crippen LogP contribution is 2.41. The molecule has 6 nitrogen and oxygen atoms in total. The largest absolute Gasteiger partial charge is 0.308 e. The number of tetrazole rings is 1. The monoisotopic (exact) mass is 278 g/mol. The predicted octanol–water partition coefficient (Wildman–Crippen LogP) is 0.953. The summed E-state index contributed by atoms with van der Waals surface area (Å²) < 4.78 is 0. The Bertz CT molecular complexity index is 454. The van der Waals surface area contributed by atoms with Gasteiger partial charge in [-0.05, 0) is 37.3 Å². The molecule has 0 aromatic carbocycles. The topological polar surface area (TPSA) is 58.9 Å². The Kier molecular flexibility index (Phi) is 3.77. The fraction of sp³-hybridized carbons (Fsp3) is 0.929. The summed E-state index contributed by atoms with van der Waals surface area (Å²) in [7, 11) is 1.83. The van der Waals surface area contributed by atoms with Crippen LogP contribution in [0.25, 0.3) is 0 Å². The minimum absolute atomic E-state index is 0.270. The van der Waals surface area contributed by atoms with Gasteiger partial charge in [-0.2, -0.15) is 4.80 Å². The zero-order valence-corrected chi connectivity index (χ0v) is 12.8. The average molecular weight is 278 g/mol. The lowest BCUT2D eigenvalue weighted by atomic mass is 9.90. The summed E-state index contributed by atoms with van der Waals surface area (Å²) in [6.45, 7) is 7.64. The molecule has 2 atom stereocenters. The lowest BCUT2D eigenvalue weighted by Gasteiger charge is -2.46. The zero-order valence-electron chi connectivity index (χ0n) is 12.8. The summed E-state index contributed by atoms with van der Waals surface area (Å²) >= 11 is 0. The maximum absolute atomic E-state index is 4.34. The highest BCUT2D eigenvalue weighted by molar-refractivity contribution is 5.04. The van der Waals surface area contributed by atoms with Crippen LogP contribution < -0.4 is 5.32 Å². The molecule has 1 aromatic heterocycles. The van der Waals surface area contributed by atoms with Crippen molar-refractivity contribution in [3.05, 3.63) is 5.82 Å². The van der Waals surface area contributed by atoms with Crippen LogP contribution >= 0.6 is 0 Å². The lowest BCUT2D eigenvalue weighted by molar-refractivity contribution is 0.0617. The Morgan fingerprint density at radius 3 is 2.80 bits per heavy atom. The predicted molar refractivity (Wildman–Crippen MR) is 77.0 cm³/mol. The molecular weight excluding hydrogens is 252 g/mol. The molecule has 2 fully saturated rings. The van der Waals surface area contributed by atoms with Crippen LogP contribution in [0.4, 0.5) is 0 Å². The standard InChI is InChI=1S/C14H26N6/c1-4-5-12-8-15-14(2,11-6-7-11)10-20(12)9-13-16-18-19(3)17-13/h11-12,15H,4-10H2,1-3H3. The van der Waals surface area contributed by atoms with E-state index < -0.39 is 0 Å². The minimum Gasteiger partial charge on any atom is -0.308 e. The van der Waals surface area contributed by atoms with Crippen molar-refractivity contribution in [1.82, 2.24) is 30.4 Å². The number of piperazine rings is 1. The molecule has 1 saturated carbocycles. The second kappa shape index (κ2) is 5.41. The van der Waals surface area contributed by atoms with Crippen LogP contribution in [0.15, 0.2) is 0 Å². The third-order valence-electron chi connectivity index (χ3n) is 4.78. The van der Waals surface area contributed by atoms with Crippen LogP contribution in [0.2, 0.25) is 0 Å². The van der Waals surface area contributed by atoms with E-state index in [1.54, 1.807) is 4.80 Å². The Hall–Kier alpha value is -1.01. The van der Waals surface area contributed by atoms with E-state index >= 15 is 0 Å². The normalized spacial score (nSPS) is 31.6. The number of aryl methyl sites for hydroxylation is 1. The van der Waals surface area contributed by atoms with Crippen molar-refractivity contribution in [2.75, 3.05) is 13.1 Å². The Morgan fingerprint density at radius 2 is 2.20 bits per heavy atom. The molecule has 0 radical (unpaired) electrons. The van der Waals surface area contributed by atoms with Gasteiger partial charge in [-0.25, -0.2) is 0 Å². The van der Waals surface area contributed by atoms with Crippen LogP contribution in [-0.4, -0.2) is 49.8 Å². The molecule has 0 amide bonds. The number of nitrogens with zero attached hydrogens (tertiary/aromatic N) is 5. The van der Waals surface area contributed by atoms with E-state index in [0.29, 0.717) is 6.04 Å². The van der Waals surface area contributed by atoms with E-state index in [1.807, 2.05) is 7.05 Å². The molecule has 6 heteroatoms. The SMILES string of the molecule is CCCC1CNC(C)(C2CC2)CN1Cc1nnn(C)n1. The van der Waals surface area contributed by atoms with Crippen molar-refractivity contribution >= 4 is 0 Å². The number of rotatable bonds is 5. The molecule has 1 N–H and O–H groups in total. The van der Waals surface area contributed by atoms with Crippen LogP contribution in [0.5, 0.6) is 0 Å². The lowest BCUT2D eigenvalue weighted by Crippen LogP contribution is -2.63. The van der Waals surface area contributed by atoms with E-state index in [9.17, 15) is 0 Å². The average Bonchev–Trinajstić information content (AvgIpc) is 3.19. The van der Waals surface area contributed by atoms with Crippen molar-refractivity contribution in [1.29, 1.82) is 0 Å². The van der Waals surface area contributed by atoms with Gasteiger partial charge in [0.25, 0.3) is 0 Å². The second-order valence-electron chi connectivity index (χ2n) is 6.62. The molecule has 1 saturated heterocycles. The molecule has 0 spiro atoms. The first kappa shape index (κ1) is 13.9. The number of hydrogen-bond acceptors (Lipinski definition) is 5. The van der Waals surface area contributed by atoms with E-state index in [-0.39, 0.29) is 5.54 Å². The van der Waals surface area contributed by atoms with Crippen molar-refractivity contribution < 1.29 is 0 Å². The van der Waals surface area contributed by atoms with Gasteiger partial charge < -0.3 is 5.32 Å². The maximum atomic E-state index is 4.34. The van der Waals surface area contributed by atoms with Gasteiger partial charge in [0.15, 0.2) is 5.82 Å². The summed E-state index contributed by atoms with van der Waals surface area (Å²) in [5.74, 6) is 1.69. The highest BCUT2D eigenvalue weighted by Gasteiger charge is 2.45. The van der Waals surface area contributed by atoms with Crippen LogP contribution in [0.3, 0.4) is 0 Å². The van der Waals surface area contributed by atoms with Crippen LogP contribution in [0.1, 0.15) is 45.4 Å². The number of aromatic nitrogens is 4. The first-order valence-electron chi connectivity index (χ1n) is 7.82. The molecule has 3 rings (SSSR count). The summed E-state index contributed by atoms with van der Waals surface area (Å²) in [6.07, 6.45) is 5.20. The van der Waals surface area contributed by atoms with Crippen LogP contribution in [0, 0.1) is 5.92 Å². The van der Waals surface area contributed by atoms with Crippen LogP contribution in [-0.2, 0) is 13.6 Å². The fourth-order valence-corrected chi connectivity index (χ4v) is 3.45. The quantitative estimate of drug-likeness (QED) is 0.869. The molecule has 2 aliphatic rings. The van der Waals surface area contributed by atoms with Gasteiger partial charge in [-0.15, -0.1) is 10.2 Å². The Morgan fingerprint density at radius 1 is 1.40 bits per heavy atom. The van der Waals surface area contributed by atoms with E-state index in [0.717, 1.165) is 31.4 Å². The molecule has 2 heterocycles. The molecular formula is C14H26N6.